The van der Waals surface area contributed by atoms with E-state index < -0.39 is 0 Å². The number of aromatic nitrogens is 2. The van der Waals surface area contributed by atoms with Gasteiger partial charge in [0.1, 0.15) is 0 Å². The number of nitrogens with zero attached hydrogens (tertiary/aromatic N) is 3. The first-order chi connectivity index (χ1) is 8.87. The summed E-state index contributed by atoms with van der Waals surface area (Å²) in [5.74, 6) is 0. The Bertz CT molecular complexity index is 598. The highest BCUT2D eigenvalue weighted by molar-refractivity contribution is 5.80. The molecule has 0 saturated carbocycles. The number of nitro benzene ring substituents is 1. The van der Waals surface area contributed by atoms with E-state index in [0.29, 0.717) is 6.54 Å². The molecule has 1 heterocycles. The largest absolute Gasteiger partial charge is 0.310 e. The molecule has 6 heteroatoms. The van der Waals surface area contributed by atoms with Gasteiger partial charge in [-0.15, -0.1) is 0 Å². The van der Waals surface area contributed by atoms with Crippen LogP contribution in [-0.2, 0) is 6.54 Å². The molecule has 0 bridgehead atoms. The lowest BCUT2D eigenvalue weighted by atomic mass is 10.1. The van der Waals surface area contributed by atoms with Gasteiger partial charge in [0.15, 0.2) is 0 Å². The number of rotatable bonds is 4. The fourth-order valence-electron chi connectivity index (χ4n) is 1.89. The second-order valence-electron chi connectivity index (χ2n) is 5.54. The van der Waals surface area contributed by atoms with Crippen LogP contribution in [0, 0.1) is 10.1 Å². The summed E-state index contributed by atoms with van der Waals surface area (Å²) in [6.07, 6.45) is 1.73. The SMILES string of the molecule is CC(C)(C)NCCn1ncc2ccc([N+](=O)[O-])cc21. The molecule has 1 N–H and O–H groups in total. The Morgan fingerprint density at radius 3 is 2.79 bits per heavy atom. The molecule has 0 atom stereocenters. The van der Waals surface area contributed by atoms with Gasteiger partial charge >= 0.3 is 0 Å². The third-order valence-electron chi connectivity index (χ3n) is 2.82. The molecule has 0 unspecified atom stereocenters. The molecular weight excluding hydrogens is 244 g/mol. The summed E-state index contributed by atoms with van der Waals surface area (Å²) >= 11 is 0. The topological polar surface area (TPSA) is 73.0 Å². The highest BCUT2D eigenvalue weighted by Crippen LogP contribution is 2.20. The van der Waals surface area contributed by atoms with Crippen LogP contribution >= 0.6 is 0 Å². The van der Waals surface area contributed by atoms with Crippen LogP contribution in [-0.4, -0.2) is 26.8 Å². The molecule has 0 amide bonds. The number of non-ortho nitro benzene ring substituents is 1. The van der Waals surface area contributed by atoms with Gasteiger partial charge in [0.25, 0.3) is 5.69 Å². The third-order valence-corrected chi connectivity index (χ3v) is 2.82. The zero-order chi connectivity index (χ0) is 14.0. The van der Waals surface area contributed by atoms with Gasteiger partial charge in [-0.25, -0.2) is 0 Å². The maximum Gasteiger partial charge on any atom is 0.271 e. The van der Waals surface area contributed by atoms with Crippen molar-refractivity contribution >= 4 is 16.6 Å². The van der Waals surface area contributed by atoms with E-state index in [1.165, 1.54) is 6.07 Å². The molecule has 6 nitrogen and oxygen atoms in total. The van der Waals surface area contributed by atoms with Crippen LogP contribution in [0.25, 0.3) is 10.9 Å². The Morgan fingerprint density at radius 1 is 1.42 bits per heavy atom. The molecule has 0 aliphatic carbocycles. The van der Waals surface area contributed by atoms with Gasteiger partial charge in [0.05, 0.1) is 23.2 Å². The molecule has 0 aliphatic heterocycles. The van der Waals surface area contributed by atoms with E-state index in [1.807, 2.05) is 0 Å². The van der Waals surface area contributed by atoms with E-state index in [0.717, 1.165) is 17.4 Å². The molecule has 1 aromatic heterocycles. The molecule has 0 saturated heterocycles. The van der Waals surface area contributed by atoms with Crippen molar-refractivity contribution in [3.05, 3.63) is 34.5 Å². The third kappa shape index (κ3) is 3.29. The van der Waals surface area contributed by atoms with Gasteiger partial charge < -0.3 is 5.32 Å². The standard InChI is InChI=1S/C13H18N4O2/c1-13(2,3)14-6-7-16-12-8-11(17(18)19)5-4-10(12)9-15-16/h4-5,8-9,14H,6-7H2,1-3H3. The van der Waals surface area contributed by atoms with Gasteiger partial charge in [0, 0.05) is 29.6 Å². The number of nitrogens with one attached hydrogen (secondary N) is 1. The van der Waals surface area contributed by atoms with Crippen molar-refractivity contribution in [1.29, 1.82) is 0 Å². The van der Waals surface area contributed by atoms with E-state index in [-0.39, 0.29) is 16.1 Å². The van der Waals surface area contributed by atoms with Crippen LogP contribution in [0.15, 0.2) is 24.4 Å². The smallest absolute Gasteiger partial charge is 0.271 e. The van der Waals surface area contributed by atoms with E-state index >= 15 is 0 Å². The van der Waals surface area contributed by atoms with E-state index in [9.17, 15) is 10.1 Å². The Kier molecular flexibility index (Phi) is 3.53. The Balaban J connectivity index is 2.19. The van der Waals surface area contributed by atoms with E-state index in [4.69, 9.17) is 0 Å². The van der Waals surface area contributed by atoms with Crippen molar-refractivity contribution in [2.45, 2.75) is 32.9 Å². The van der Waals surface area contributed by atoms with Crippen molar-refractivity contribution in [2.24, 2.45) is 0 Å². The van der Waals surface area contributed by atoms with Crippen LogP contribution in [0.5, 0.6) is 0 Å². The normalized spacial score (nSPS) is 11.9. The molecular formula is C13H18N4O2. The quantitative estimate of drug-likeness (QED) is 0.678. The van der Waals surface area contributed by atoms with E-state index in [2.05, 4.69) is 31.2 Å². The van der Waals surface area contributed by atoms with Gasteiger partial charge in [-0.1, -0.05) is 0 Å². The minimum absolute atomic E-state index is 0.0505. The van der Waals surface area contributed by atoms with Crippen LogP contribution < -0.4 is 5.32 Å². The molecule has 19 heavy (non-hydrogen) atoms. The second-order valence-corrected chi connectivity index (χ2v) is 5.54. The van der Waals surface area contributed by atoms with Crippen molar-refractivity contribution in [1.82, 2.24) is 15.1 Å². The molecule has 0 aliphatic rings. The zero-order valence-electron chi connectivity index (χ0n) is 11.4. The summed E-state index contributed by atoms with van der Waals surface area (Å²) in [4.78, 5) is 10.4. The number of benzene rings is 1. The van der Waals surface area contributed by atoms with Crippen LogP contribution in [0.1, 0.15) is 20.8 Å². The van der Waals surface area contributed by atoms with Gasteiger partial charge in [-0.05, 0) is 26.8 Å². The Morgan fingerprint density at radius 2 is 2.16 bits per heavy atom. The van der Waals surface area contributed by atoms with Crippen molar-refractivity contribution < 1.29 is 4.92 Å². The average molecular weight is 262 g/mol. The number of hydrogen-bond acceptors (Lipinski definition) is 4. The summed E-state index contributed by atoms with van der Waals surface area (Å²) in [5.41, 5.74) is 0.942. The number of fused-ring (bicyclic) bond motifs is 1. The Labute approximate surface area is 111 Å². The summed E-state index contributed by atoms with van der Waals surface area (Å²) in [7, 11) is 0. The first-order valence-electron chi connectivity index (χ1n) is 6.22. The van der Waals surface area contributed by atoms with Gasteiger partial charge in [-0.2, -0.15) is 5.10 Å². The lowest BCUT2D eigenvalue weighted by Crippen LogP contribution is -2.37. The maximum atomic E-state index is 10.8. The summed E-state index contributed by atoms with van der Waals surface area (Å²) in [6, 6.07) is 4.80. The summed E-state index contributed by atoms with van der Waals surface area (Å²) in [5, 5.41) is 19.3. The fourth-order valence-corrected chi connectivity index (χ4v) is 1.89. The second kappa shape index (κ2) is 4.97. The summed E-state index contributed by atoms with van der Waals surface area (Å²) in [6.45, 7) is 7.74. The van der Waals surface area contributed by atoms with Crippen molar-refractivity contribution in [2.75, 3.05) is 6.54 Å². The predicted octanol–water partition coefficient (Wildman–Crippen LogP) is 2.33. The monoisotopic (exact) mass is 262 g/mol. The zero-order valence-corrected chi connectivity index (χ0v) is 11.4. The minimum atomic E-state index is -0.385. The fraction of sp³-hybridized carbons (Fsp3) is 0.462. The van der Waals surface area contributed by atoms with Crippen LogP contribution in [0.2, 0.25) is 0 Å². The van der Waals surface area contributed by atoms with Crippen molar-refractivity contribution in [3.8, 4) is 0 Å². The summed E-state index contributed by atoms with van der Waals surface area (Å²) < 4.78 is 1.79. The van der Waals surface area contributed by atoms with Gasteiger partial charge in [0.2, 0.25) is 0 Å². The lowest BCUT2D eigenvalue weighted by Gasteiger charge is -2.20. The lowest BCUT2D eigenvalue weighted by molar-refractivity contribution is -0.384. The number of nitro groups is 1. The molecule has 2 aromatic rings. The average Bonchev–Trinajstić information content (AvgIpc) is 2.70. The highest BCUT2D eigenvalue weighted by atomic mass is 16.6. The first-order valence-corrected chi connectivity index (χ1v) is 6.22. The molecule has 1 aromatic carbocycles. The molecule has 0 fully saturated rings. The molecule has 102 valence electrons. The molecule has 2 rings (SSSR count). The van der Waals surface area contributed by atoms with E-state index in [1.54, 1.807) is 23.0 Å². The maximum absolute atomic E-state index is 10.8. The highest BCUT2D eigenvalue weighted by Gasteiger charge is 2.11. The van der Waals surface area contributed by atoms with Gasteiger partial charge in [-0.3, -0.25) is 14.8 Å². The predicted molar refractivity (Wildman–Crippen MR) is 74.1 cm³/mol. The van der Waals surface area contributed by atoms with Crippen LogP contribution in [0.4, 0.5) is 5.69 Å². The van der Waals surface area contributed by atoms with Crippen molar-refractivity contribution in [3.63, 3.8) is 0 Å². The molecule has 0 radical (unpaired) electrons. The first kappa shape index (κ1) is 13.5. The number of hydrogen-bond donors (Lipinski definition) is 1. The molecule has 0 spiro atoms. The van der Waals surface area contributed by atoms with Crippen LogP contribution in [0.3, 0.4) is 0 Å². The Hall–Kier alpha value is -1.95. The minimum Gasteiger partial charge on any atom is -0.310 e.